The molecule has 1 saturated heterocycles. The van der Waals surface area contributed by atoms with E-state index in [4.69, 9.17) is 19.9 Å². The van der Waals surface area contributed by atoms with E-state index in [1.807, 2.05) is 0 Å². The number of morpholine rings is 1. The van der Waals surface area contributed by atoms with Crippen molar-refractivity contribution in [3.05, 3.63) is 0 Å². The minimum atomic E-state index is -0.333. The van der Waals surface area contributed by atoms with Crippen LogP contribution in [-0.4, -0.2) is 62.8 Å². The van der Waals surface area contributed by atoms with Crippen LogP contribution in [0.2, 0.25) is 0 Å². The second kappa shape index (κ2) is 6.11. The normalized spacial score (nSPS) is 30.5. The van der Waals surface area contributed by atoms with Gasteiger partial charge in [0.2, 0.25) is 0 Å². The van der Waals surface area contributed by atoms with Crippen LogP contribution in [0.25, 0.3) is 0 Å². The summed E-state index contributed by atoms with van der Waals surface area (Å²) in [5.74, 6) is 0. The fourth-order valence-electron chi connectivity index (χ4n) is 2.57. The lowest BCUT2D eigenvalue weighted by Crippen LogP contribution is -2.66. The van der Waals surface area contributed by atoms with Crippen LogP contribution >= 0.6 is 0 Å². The Labute approximate surface area is 104 Å². The van der Waals surface area contributed by atoms with Crippen molar-refractivity contribution >= 4 is 0 Å². The molecule has 0 aromatic rings. The molecule has 5 nitrogen and oxygen atoms in total. The molecule has 102 valence electrons. The molecule has 17 heavy (non-hydrogen) atoms. The molecule has 3 unspecified atom stereocenters. The first-order chi connectivity index (χ1) is 7.99. The fourth-order valence-corrected chi connectivity index (χ4v) is 2.57. The zero-order chi connectivity index (χ0) is 13.1. The number of hydrogen-bond donors (Lipinski definition) is 1. The Morgan fingerprint density at radius 2 is 2.00 bits per heavy atom. The van der Waals surface area contributed by atoms with Crippen LogP contribution < -0.4 is 5.73 Å². The molecule has 1 rings (SSSR count). The Morgan fingerprint density at radius 3 is 2.47 bits per heavy atom. The molecule has 1 aliphatic heterocycles. The van der Waals surface area contributed by atoms with Crippen molar-refractivity contribution in [3.63, 3.8) is 0 Å². The highest BCUT2D eigenvalue weighted by atomic mass is 16.7. The minimum Gasteiger partial charge on any atom is -0.376 e. The molecule has 0 aliphatic carbocycles. The third-order valence-corrected chi connectivity index (χ3v) is 3.61. The molecule has 0 amide bonds. The van der Waals surface area contributed by atoms with Crippen molar-refractivity contribution < 1.29 is 14.2 Å². The zero-order valence-corrected chi connectivity index (χ0v) is 11.6. The predicted octanol–water partition coefficient (Wildman–Crippen LogP) is 0.432. The summed E-state index contributed by atoms with van der Waals surface area (Å²) in [5.41, 5.74) is 5.62. The van der Waals surface area contributed by atoms with Gasteiger partial charge in [-0.15, -0.1) is 0 Å². The molecular weight excluding hydrogens is 220 g/mol. The Kier molecular flexibility index (Phi) is 5.34. The van der Waals surface area contributed by atoms with Crippen molar-refractivity contribution in [1.29, 1.82) is 0 Å². The van der Waals surface area contributed by atoms with Crippen LogP contribution in [0.1, 0.15) is 20.8 Å². The van der Waals surface area contributed by atoms with E-state index in [1.165, 1.54) is 0 Å². The number of ether oxygens (including phenoxy) is 3. The van der Waals surface area contributed by atoms with Crippen LogP contribution in [0.5, 0.6) is 0 Å². The van der Waals surface area contributed by atoms with Gasteiger partial charge in [-0.2, -0.15) is 0 Å². The summed E-state index contributed by atoms with van der Waals surface area (Å²) in [6.07, 6.45) is -0.119. The van der Waals surface area contributed by atoms with Crippen molar-refractivity contribution in [3.8, 4) is 0 Å². The summed E-state index contributed by atoms with van der Waals surface area (Å²) in [7, 11) is 3.30. The number of nitrogens with zero attached hydrogens (tertiary/aromatic N) is 1. The fraction of sp³-hybridized carbons (Fsp3) is 1.00. The SMILES string of the molecule is COC(OC)C(C)(CN)N1CC(C)OCC1C. The van der Waals surface area contributed by atoms with E-state index in [0.717, 1.165) is 13.2 Å². The maximum atomic E-state index is 5.96. The summed E-state index contributed by atoms with van der Waals surface area (Å²) < 4.78 is 16.5. The Bertz CT molecular complexity index is 236. The van der Waals surface area contributed by atoms with Gasteiger partial charge in [-0.05, 0) is 20.8 Å². The van der Waals surface area contributed by atoms with Crippen molar-refractivity contribution in [2.75, 3.05) is 33.9 Å². The van der Waals surface area contributed by atoms with Crippen molar-refractivity contribution in [1.82, 2.24) is 4.90 Å². The molecule has 5 heteroatoms. The van der Waals surface area contributed by atoms with Gasteiger partial charge in [0.05, 0.1) is 18.2 Å². The van der Waals surface area contributed by atoms with Gasteiger partial charge in [-0.1, -0.05) is 0 Å². The summed E-state index contributed by atoms with van der Waals surface area (Å²) in [6, 6.07) is 0.313. The molecule has 2 N–H and O–H groups in total. The standard InChI is InChI=1S/C12H26N2O3/c1-9-7-17-10(2)6-14(9)12(3,8-13)11(15-4)16-5/h9-11H,6-8,13H2,1-5H3. The second-order valence-electron chi connectivity index (χ2n) is 5.01. The maximum absolute atomic E-state index is 5.96. The van der Waals surface area contributed by atoms with Crippen LogP contribution in [0.4, 0.5) is 0 Å². The predicted molar refractivity (Wildman–Crippen MR) is 66.8 cm³/mol. The molecule has 0 radical (unpaired) electrons. The van der Waals surface area contributed by atoms with Gasteiger partial charge in [0.25, 0.3) is 0 Å². The van der Waals surface area contributed by atoms with Crippen LogP contribution in [0, 0.1) is 0 Å². The number of nitrogens with two attached hydrogens (primary N) is 1. The van der Waals surface area contributed by atoms with E-state index >= 15 is 0 Å². The number of rotatable bonds is 5. The molecule has 0 aromatic carbocycles. The molecule has 0 saturated carbocycles. The third kappa shape index (κ3) is 2.98. The first-order valence-electron chi connectivity index (χ1n) is 6.13. The van der Waals surface area contributed by atoms with Crippen LogP contribution in [0.3, 0.4) is 0 Å². The second-order valence-corrected chi connectivity index (χ2v) is 5.01. The van der Waals surface area contributed by atoms with Gasteiger partial charge < -0.3 is 19.9 Å². The number of hydrogen-bond acceptors (Lipinski definition) is 5. The van der Waals surface area contributed by atoms with E-state index in [2.05, 4.69) is 25.7 Å². The van der Waals surface area contributed by atoms with Gasteiger partial charge in [0, 0.05) is 33.4 Å². The lowest BCUT2D eigenvalue weighted by atomic mass is 9.95. The highest BCUT2D eigenvalue weighted by Gasteiger charge is 2.43. The van der Waals surface area contributed by atoms with E-state index in [1.54, 1.807) is 14.2 Å². The zero-order valence-electron chi connectivity index (χ0n) is 11.6. The summed E-state index contributed by atoms with van der Waals surface area (Å²) >= 11 is 0. The molecule has 3 atom stereocenters. The van der Waals surface area contributed by atoms with Crippen molar-refractivity contribution in [2.45, 2.75) is 44.7 Å². The van der Waals surface area contributed by atoms with Gasteiger partial charge in [0.1, 0.15) is 0 Å². The van der Waals surface area contributed by atoms with Gasteiger partial charge in [0.15, 0.2) is 6.29 Å². The average molecular weight is 246 g/mol. The minimum absolute atomic E-state index is 0.214. The topological polar surface area (TPSA) is 57.0 Å². The smallest absolute Gasteiger partial charge is 0.176 e. The highest BCUT2D eigenvalue weighted by molar-refractivity contribution is 4.95. The summed E-state index contributed by atoms with van der Waals surface area (Å²) in [5, 5.41) is 0. The van der Waals surface area contributed by atoms with Gasteiger partial charge >= 0.3 is 0 Å². The first kappa shape index (κ1) is 14.9. The van der Waals surface area contributed by atoms with Gasteiger partial charge in [-0.3, -0.25) is 4.90 Å². The van der Waals surface area contributed by atoms with E-state index in [0.29, 0.717) is 12.6 Å². The lowest BCUT2D eigenvalue weighted by molar-refractivity contribution is -0.206. The molecule has 0 bridgehead atoms. The molecule has 0 aromatic heterocycles. The Hall–Kier alpha value is -0.200. The molecule has 1 aliphatic rings. The average Bonchev–Trinajstić information content (AvgIpc) is 2.33. The molecule has 1 heterocycles. The van der Waals surface area contributed by atoms with Gasteiger partial charge in [-0.25, -0.2) is 0 Å². The third-order valence-electron chi connectivity index (χ3n) is 3.61. The maximum Gasteiger partial charge on any atom is 0.176 e. The number of methoxy groups -OCH3 is 2. The monoisotopic (exact) mass is 246 g/mol. The summed E-state index contributed by atoms with van der Waals surface area (Å²) in [4.78, 5) is 2.33. The van der Waals surface area contributed by atoms with E-state index in [9.17, 15) is 0 Å². The van der Waals surface area contributed by atoms with E-state index in [-0.39, 0.29) is 17.9 Å². The highest BCUT2D eigenvalue weighted by Crippen LogP contribution is 2.27. The lowest BCUT2D eigenvalue weighted by Gasteiger charge is -2.50. The molecular formula is C12H26N2O3. The molecule has 0 spiro atoms. The first-order valence-corrected chi connectivity index (χ1v) is 6.13. The quantitative estimate of drug-likeness (QED) is 0.713. The van der Waals surface area contributed by atoms with E-state index < -0.39 is 0 Å². The van der Waals surface area contributed by atoms with Crippen LogP contribution in [-0.2, 0) is 14.2 Å². The molecule has 1 fully saturated rings. The Balaban J connectivity index is 2.89. The Morgan fingerprint density at radius 1 is 1.41 bits per heavy atom. The summed E-state index contributed by atoms with van der Waals surface area (Å²) in [6.45, 7) is 8.34. The van der Waals surface area contributed by atoms with Crippen LogP contribution in [0.15, 0.2) is 0 Å². The van der Waals surface area contributed by atoms with Crippen molar-refractivity contribution in [2.24, 2.45) is 5.73 Å². The largest absolute Gasteiger partial charge is 0.376 e.